The third-order valence-electron chi connectivity index (χ3n) is 2.18. The van der Waals surface area contributed by atoms with Crippen LogP contribution in [0.25, 0.3) is 0 Å². The molecule has 0 aliphatic heterocycles. The van der Waals surface area contributed by atoms with Gasteiger partial charge >= 0.3 is 0 Å². The molecule has 0 saturated carbocycles. The standard InChI is InChI=1S/C12H10ClN3S/c13-9-3-1-2-4-10(9)16-11-6-5-8(7-15-11)12(14)17/h1-7H,(H2,14,17)(H,15,16). The summed E-state index contributed by atoms with van der Waals surface area (Å²) in [5, 5.41) is 3.76. The summed E-state index contributed by atoms with van der Waals surface area (Å²) < 4.78 is 0. The Morgan fingerprint density at radius 3 is 2.59 bits per heavy atom. The van der Waals surface area contributed by atoms with E-state index in [4.69, 9.17) is 29.6 Å². The highest BCUT2D eigenvalue weighted by Gasteiger charge is 2.01. The van der Waals surface area contributed by atoms with E-state index in [1.807, 2.05) is 30.3 Å². The van der Waals surface area contributed by atoms with Gasteiger partial charge in [0.05, 0.1) is 10.7 Å². The van der Waals surface area contributed by atoms with Crippen LogP contribution in [0.4, 0.5) is 11.5 Å². The topological polar surface area (TPSA) is 50.9 Å². The Hall–Kier alpha value is -1.65. The molecule has 0 aliphatic carbocycles. The zero-order valence-electron chi connectivity index (χ0n) is 8.85. The van der Waals surface area contributed by atoms with Crippen LogP contribution in [-0.4, -0.2) is 9.97 Å². The molecule has 2 rings (SSSR count). The van der Waals surface area contributed by atoms with Gasteiger partial charge in [-0.15, -0.1) is 0 Å². The van der Waals surface area contributed by atoms with Gasteiger partial charge in [0.2, 0.25) is 0 Å². The van der Waals surface area contributed by atoms with Gasteiger partial charge < -0.3 is 11.1 Å². The molecular formula is C12H10ClN3S. The highest BCUT2D eigenvalue weighted by Crippen LogP contribution is 2.23. The average molecular weight is 264 g/mol. The molecule has 0 atom stereocenters. The van der Waals surface area contributed by atoms with E-state index in [1.54, 1.807) is 12.3 Å². The van der Waals surface area contributed by atoms with Crippen molar-refractivity contribution in [3.05, 3.63) is 53.2 Å². The molecule has 17 heavy (non-hydrogen) atoms. The number of hydrogen-bond donors (Lipinski definition) is 2. The van der Waals surface area contributed by atoms with Crippen molar-refractivity contribution in [1.82, 2.24) is 4.98 Å². The number of pyridine rings is 1. The lowest BCUT2D eigenvalue weighted by Gasteiger charge is -2.07. The second-order valence-electron chi connectivity index (χ2n) is 3.40. The molecule has 3 nitrogen and oxygen atoms in total. The maximum absolute atomic E-state index is 6.02. The molecule has 0 fully saturated rings. The predicted octanol–water partition coefficient (Wildman–Crippen LogP) is 3.11. The van der Waals surface area contributed by atoms with Crippen molar-refractivity contribution in [2.75, 3.05) is 5.32 Å². The Bertz CT molecular complexity index is 540. The minimum absolute atomic E-state index is 0.335. The molecule has 1 heterocycles. The van der Waals surface area contributed by atoms with Gasteiger partial charge in [0.15, 0.2) is 0 Å². The third kappa shape index (κ3) is 2.93. The van der Waals surface area contributed by atoms with Gasteiger partial charge in [0.1, 0.15) is 10.8 Å². The predicted molar refractivity (Wildman–Crippen MR) is 74.9 cm³/mol. The van der Waals surface area contributed by atoms with Crippen LogP contribution in [0.2, 0.25) is 5.02 Å². The summed E-state index contributed by atoms with van der Waals surface area (Å²) in [6, 6.07) is 11.1. The van der Waals surface area contributed by atoms with Gasteiger partial charge in [-0.25, -0.2) is 4.98 Å². The molecular weight excluding hydrogens is 254 g/mol. The maximum Gasteiger partial charge on any atom is 0.130 e. The first kappa shape index (κ1) is 11.8. The molecule has 0 aliphatic rings. The Balaban J connectivity index is 2.20. The third-order valence-corrected chi connectivity index (χ3v) is 2.75. The molecule has 0 radical (unpaired) electrons. The number of halogens is 1. The van der Waals surface area contributed by atoms with E-state index in [0.717, 1.165) is 11.3 Å². The SMILES string of the molecule is NC(=S)c1ccc(Nc2ccccc2Cl)nc1. The zero-order valence-corrected chi connectivity index (χ0v) is 10.4. The first-order valence-corrected chi connectivity index (χ1v) is 5.73. The lowest BCUT2D eigenvalue weighted by molar-refractivity contribution is 1.30. The number of nitrogens with one attached hydrogen (secondary N) is 1. The Morgan fingerprint density at radius 1 is 1.24 bits per heavy atom. The van der Waals surface area contributed by atoms with Crippen LogP contribution >= 0.6 is 23.8 Å². The van der Waals surface area contributed by atoms with Crippen LogP contribution in [0.15, 0.2) is 42.6 Å². The Labute approximate surface area is 110 Å². The summed E-state index contributed by atoms with van der Waals surface area (Å²) >= 11 is 10.9. The van der Waals surface area contributed by atoms with E-state index in [0.29, 0.717) is 15.8 Å². The zero-order chi connectivity index (χ0) is 12.3. The van der Waals surface area contributed by atoms with Gasteiger partial charge in [0, 0.05) is 11.8 Å². The minimum Gasteiger partial charge on any atom is -0.389 e. The quantitative estimate of drug-likeness (QED) is 0.836. The van der Waals surface area contributed by atoms with Crippen molar-refractivity contribution in [1.29, 1.82) is 0 Å². The number of benzene rings is 1. The number of para-hydroxylation sites is 1. The summed E-state index contributed by atoms with van der Waals surface area (Å²) in [5.74, 6) is 0.693. The summed E-state index contributed by atoms with van der Waals surface area (Å²) in [4.78, 5) is 4.53. The van der Waals surface area contributed by atoms with Crippen molar-refractivity contribution in [2.24, 2.45) is 5.73 Å². The van der Waals surface area contributed by atoms with Gasteiger partial charge in [-0.3, -0.25) is 0 Å². The fourth-order valence-corrected chi connectivity index (χ4v) is 1.62. The molecule has 1 aromatic carbocycles. The van der Waals surface area contributed by atoms with E-state index in [2.05, 4.69) is 10.3 Å². The largest absolute Gasteiger partial charge is 0.389 e. The number of nitrogens with zero attached hydrogens (tertiary/aromatic N) is 1. The minimum atomic E-state index is 0.335. The van der Waals surface area contributed by atoms with E-state index in [1.165, 1.54) is 0 Å². The second kappa shape index (κ2) is 5.12. The van der Waals surface area contributed by atoms with E-state index in [9.17, 15) is 0 Å². The van der Waals surface area contributed by atoms with Gasteiger partial charge in [-0.1, -0.05) is 36.0 Å². The molecule has 86 valence electrons. The number of rotatable bonds is 3. The highest BCUT2D eigenvalue weighted by molar-refractivity contribution is 7.80. The number of hydrogen-bond acceptors (Lipinski definition) is 3. The van der Waals surface area contributed by atoms with Crippen molar-refractivity contribution in [3.63, 3.8) is 0 Å². The van der Waals surface area contributed by atoms with E-state index < -0.39 is 0 Å². The molecule has 0 bridgehead atoms. The summed E-state index contributed by atoms with van der Waals surface area (Å²) in [7, 11) is 0. The smallest absolute Gasteiger partial charge is 0.130 e. The summed E-state index contributed by atoms with van der Waals surface area (Å²) in [6.07, 6.45) is 1.63. The van der Waals surface area contributed by atoms with Crippen LogP contribution in [-0.2, 0) is 0 Å². The number of thiocarbonyl (C=S) groups is 1. The average Bonchev–Trinajstić information content (AvgIpc) is 2.33. The lowest BCUT2D eigenvalue weighted by Crippen LogP contribution is -2.09. The van der Waals surface area contributed by atoms with Crippen molar-refractivity contribution in [3.8, 4) is 0 Å². The monoisotopic (exact) mass is 263 g/mol. The van der Waals surface area contributed by atoms with Gasteiger partial charge in [-0.05, 0) is 24.3 Å². The Kier molecular flexibility index (Phi) is 3.56. The highest BCUT2D eigenvalue weighted by atomic mass is 35.5. The fourth-order valence-electron chi connectivity index (χ4n) is 1.31. The lowest BCUT2D eigenvalue weighted by atomic mass is 10.2. The normalized spacial score (nSPS) is 9.94. The molecule has 0 unspecified atom stereocenters. The fraction of sp³-hybridized carbons (Fsp3) is 0. The second-order valence-corrected chi connectivity index (χ2v) is 4.25. The number of anilines is 2. The van der Waals surface area contributed by atoms with Crippen LogP contribution in [0.1, 0.15) is 5.56 Å². The molecule has 1 aromatic heterocycles. The van der Waals surface area contributed by atoms with E-state index >= 15 is 0 Å². The van der Waals surface area contributed by atoms with Crippen molar-refractivity contribution in [2.45, 2.75) is 0 Å². The first-order valence-electron chi connectivity index (χ1n) is 4.94. The molecule has 2 aromatic rings. The molecule has 0 spiro atoms. The maximum atomic E-state index is 6.02. The van der Waals surface area contributed by atoms with Crippen LogP contribution in [0.3, 0.4) is 0 Å². The van der Waals surface area contributed by atoms with Crippen LogP contribution in [0.5, 0.6) is 0 Å². The van der Waals surface area contributed by atoms with Gasteiger partial charge in [0.25, 0.3) is 0 Å². The molecule has 0 amide bonds. The molecule has 3 N–H and O–H groups in total. The number of aromatic nitrogens is 1. The number of nitrogens with two attached hydrogens (primary N) is 1. The molecule has 5 heteroatoms. The van der Waals surface area contributed by atoms with Crippen LogP contribution < -0.4 is 11.1 Å². The van der Waals surface area contributed by atoms with E-state index in [-0.39, 0.29) is 0 Å². The Morgan fingerprint density at radius 2 is 2.00 bits per heavy atom. The first-order chi connectivity index (χ1) is 8.16. The van der Waals surface area contributed by atoms with Crippen LogP contribution in [0, 0.1) is 0 Å². The van der Waals surface area contributed by atoms with Crippen molar-refractivity contribution < 1.29 is 0 Å². The summed E-state index contributed by atoms with van der Waals surface area (Å²) in [6.45, 7) is 0. The summed E-state index contributed by atoms with van der Waals surface area (Å²) in [5.41, 5.74) is 7.04. The molecule has 0 saturated heterocycles. The van der Waals surface area contributed by atoms with Gasteiger partial charge in [-0.2, -0.15) is 0 Å². The van der Waals surface area contributed by atoms with Crippen molar-refractivity contribution >= 4 is 40.3 Å².